The molecule has 0 aliphatic carbocycles. The fraction of sp³-hybridized carbons (Fsp3) is 0.0526. The van der Waals surface area contributed by atoms with Gasteiger partial charge in [-0.3, -0.25) is 20.2 Å². The van der Waals surface area contributed by atoms with E-state index in [-0.39, 0.29) is 5.91 Å². The van der Waals surface area contributed by atoms with Crippen molar-refractivity contribution >= 4 is 22.4 Å². The van der Waals surface area contributed by atoms with Crippen molar-refractivity contribution in [2.75, 3.05) is 12.4 Å². The lowest BCUT2D eigenvalue weighted by molar-refractivity contribution is 0.102. The number of carbonyl (C=O) groups is 1. The Labute approximate surface area is 159 Å². The monoisotopic (exact) mass is 377 g/mol. The number of anilines is 1. The molecule has 2 N–H and O–H groups in total. The first-order chi connectivity index (χ1) is 13.2. The van der Waals surface area contributed by atoms with E-state index in [9.17, 15) is 4.79 Å². The van der Waals surface area contributed by atoms with Gasteiger partial charge in [0.05, 0.1) is 18.5 Å². The van der Waals surface area contributed by atoms with Gasteiger partial charge in [0, 0.05) is 28.9 Å². The smallest absolute Gasteiger partial charge is 0.275 e. The van der Waals surface area contributed by atoms with Gasteiger partial charge in [-0.25, -0.2) is 4.98 Å². The zero-order valence-corrected chi connectivity index (χ0v) is 15.2. The van der Waals surface area contributed by atoms with E-state index in [0.717, 1.165) is 16.8 Å². The first-order valence-corrected chi connectivity index (χ1v) is 8.98. The molecule has 4 aromatic rings. The molecule has 0 bridgehead atoms. The maximum absolute atomic E-state index is 12.5. The van der Waals surface area contributed by atoms with Gasteiger partial charge in [0.25, 0.3) is 5.91 Å². The number of hydrogen-bond donors (Lipinski definition) is 2. The summed E-state index contributed by atoms with van der Waals surface area (Å²) in [4.78, 5) is 21.0. The van der Waals surface area contributed by atoms with Gasteiger partial charge >= 0.3 is 0 Å². The maximum atomic E-state index is 12.5. The highest BCUT2D eigenvalue weighted by atomic mass is 32.1. The summed E-state index contributed by atoms with van der Waals surface area (Å²) < 4.78 is 5.34. The Hall–Kier alpha value is -3.52. The molecule has 0 saturated heterocycles. The molecular formula is C19H15N5O2S. The lowest BCUT2D eigenvalue weighted by atomic mass is 10.1. The van der Waals surface area contributed by atoms with E-state index in [1.54, 1.807) is 25.6 Å². The Morgan fingerprint density at radius 2 is 2.07 bits per heavy atom. The number of nitrogens with zero attached hydrogens (tertiary/aromatic N) is 3. The molecule has 0 saturated carbocycles. The Kier molecular flexibility index (Phi) is 4.63. The van der Waals surface area contributed by atoms with Crippen molar-refractivity contribution in [1.82, 2.24) is 20.2 Å². The Bertz CT molecular complexity index is 1070. The van der Waals surface area contributed by atoms with Crippen LogP contribution in [0.25, 0.3) is 22.5 Å². The van der Waals surface area contributed by atoms with Crippen molar-refractivity contribution in [3.05, 3.63) is 65.9 Å². The molecule has 0 unspecified atom stereocenters. The predicted molar refractivity (Wildman–Crippen MR) is 104 cm³/mol. The number of pyridine rings is 1. The first kappa shape index (κ1) is 16.9. The van der Waals surface area contributed by atoms with E-state index in [1.165, 1.54) is 11.3 Å². The number of ether oxygens (including phenoxy) is 1. The van der Waals surface area contributed by atoms with Crippen LogP contribution in [-0.2, 0) is 0 Å². The highest BCUT2D eigenvalue weighted by Crippen LogP contribution is 2.29. The van der Waals surface area contributed by atoms with Gasteiger partial charge in [-0.15, -0.1) is 11.3 Å². The fourth-order valence-electron chi connectivity index (χ4n) is 2.57. The molecular weight excluding hydrogens is 362 g/mol. The third-order valence-corrected chi connectivity index (χ3v) is 4.65. The minimum atomic E-state index is -0.310. The second kappa shape index (κ2) is 7.38. The first-order valence-electron chi connectivity index (χ1n) is 8.10. The summed E-state index contributed by atoms with van der Waals surface area (Å²) in [6.45, 7) is 0. The summed E-state index contributed by atoms with van der Waals surface area (Å²) in [6.07, 6.45) is 3.44. The summed E-state index contributed by atoms with van der Waals surface area (Å²) in [6, 6.07) is 12.9. The van der Waals surface area contributed by atoms with Crippen LogP contribution in [0.5, 0.6) is 5.75 Å². The second-order valence-corrected chi connectivity index (χ2v) is 6.46. The summed E-state index contributed by atoms with van der Waals surface area (Å²) in [7, 11) is 1.60. The van der Waals surface area contributed by atoms with Gasteiger partial charge in [0.15, 0.2) is 5.13 Å². The number of benzene rings is 1. The zero-order chi connectivity index (χ0) is 18.6. The summed E-state index contributed by atoms with van der Waals surface area (Å²) in [5.41, 5.74) is 3.45. The van der Waals surface area contributed by atoms with E-state index in [1.807, 2.05) is 41.8 Å². The molecule has 134 valence electrons. The van der Waals surface area contributed by atoms with Gasteiger partial charge in [-0.1, -0.05) is 12.1 Å². The molecule has 0 atom stereocenters. The van der Waals surface area contributed by atoms with Crippen molar-refractivity contribution in [2.45, 2.75) is 0 Å². The van der Waals surface area contributed by atoms with E-state index < -0.39 is 0 Å². The highest BCUT2D eigenvalue weighted by Gasteiger charge is 2.15. The molecule has 0 spiro atoms. The molecule has 0 fully saturated rings. The van der Waals surface area contributed by atoms with Crippen LogP contribution in [0.2, 0.25) is 0 Å². The number of hydrogen-bond acceptors (Lipinski definition) is 6. The Morgan fingerprint density at radius 1 is 1.19 bits per heavy atom. The van der Waals surface area contributed by atoms with Crippen LogP contribution in [0.3, 0.4) is 0 Å². The molecule has 3 aromatic heterocycles. The molecule has 27 heavy (non-hydrogen) atoms. The average molecular weight is 377 g/mol. The SMILES string of the molecule is COc1ccccc1-c1cc(C(=O)Nc2nc(-c3cccnc3)cs2)[nH]n1. The summed E-state index contributed by atoms with van der Waals surface area (Å²) in [5, 5.41) is 12.2. The normalized spacial score (nSPS) is 10.6. The number of aromatic nitrogens is 4. The number of rotatable bonds is 5. The summed E-state index contributed by atoms with van der Waals surface area (Å²) >= 11 is 1.35. The molecule has 7 nitrogen and oxygen atoms in total. The van der Waals surface area contributed by atoms with Crippen LogP contribution >= 0.6 is 11.3 Å². The Balaban J connectivity index is 1.51. The number of carbonyl (C=O) groups excluding carboxylic acids is 1. The van der Waals surface area contributed by atoms with Crippen molar-refractivity contribution in [3.63, 3.8) is 0 Å². The number of methoxy groups -OCH3 is 1. The number of nitrogens with one attached hydrogen (secondary N) is 2. The minimum Gasteiger partial charge on any atom is -0.496 e. The van der Waals surface area contributed by atoms with E-state index in [0.29, 0.717) is 22.3 Å². The van der Waals surface area contributed by atoms with Crippen LogP contribution in [-0.4, -0.2) is 33.2 Å². The van der Waals surface area contributed by atoms with E-state index in [4.69, 9.17) is 4.74 Å². The largest absolute Gasteiger partial charge is 0.496 e. The number of para-hydroxylation sites is 1. The van der Waals surface area contributed by atoms with Crippen LogP contribution in [0.15, 0.2) is 60.2 Å². The van der Waals surface area contributed by atoms with E-state index >= 15 is 0 Å². The quantitative estimate of drug-likeness (QED) is 0.551. The maximum Gasteiger partial charge on any atom is 0.275 e. The van der Waals surface area contributed by atoms with E-state index in [2.05, 4.69) is 25.5 Å². The fourth-order valence-corrected chi connectivity index (χ4v) is 3.29. The van der Waals surface area contributed by atoms with Crippen LogP contribution in [0.4, 0.5) is 5.13 Å². The molecule has 8 heteroatoms. The van der Waals surface area contributed by atoms with Crippen LogP contribution in [0.1, 0.15) is 10.5 Å². The lowest BCUT2D eigenvalue weighted by Gasteiger charge is -2.04. The molecule has 0 aliphatic heterocycles. The molecule has 3 heterocycles. The van der Waals surface area contributed by atoms with Crippen molar-refractivity contribution in [1.29, 1.82) is 0 Å². The van der Waals surface area contributed by atoms with Crippen molar-refractivity contribution in [2.24, 2.45) is 0 Å². The molecule has 1 aromatic carbocycles. The van der Waals surface area contributed by atoms with Gasteiger partial charge in [0.1, 0.15) is 11.4 Å². The number of thiazole rings is 1. The zero-order valence-electron chi connectivity index (χ0n) is 14.3. The van der Waals surface area contributed by atoms with Crippen molar-refractivity contribution in [3.8, 4) is 28.3 Å². The van der Waals surface area contributed by atoms with Gasteiger partial charge in [-0.05, 0) is 30.3 Å². The third-order valence-electron chi connectivity index (χ3n) is 3.89. The predicted octanol–water partition coefficient (Wildman–Crippen LogP) is 3.86. The van der Waals surface area contributed by atoms with Crippen LogP contribution in [0, 0.1) is 0 Å². The van der Waals surface area contributed by atoms with Gasteiger partial charge < -0.3 is 4.74 Å². The van der Waals surface area contributed by atoms with Crippen molar-refractivity contribution < 1.29 is 9.53 Å². The lowest BCUT2D eigenvalue weighted by Crippen LogP contribution is -2.12. The van der Waals surface area contributed by atoms with Gasteiger partial charge in [0.2, 0.25) is 0 Å². The minimum absolute atomic E-state index is 0.310. The number of aromatic amines is 1. The average Bonchev–Trinajstić information content (AvgIpc) is 3.38. The number of H-pyrrole nitrogens is 1. The third kappa shape index (κ3) is 3.56. The molecule has 1 amide bonds. The van der Waals surface area contributed by atoms with Crippen LogP contribution < -0.4 is 10.1 Å². The molecule has 0 radical (unpaired) electrons. The molecule has 4 rings (SSSR count). The Morgan fingerprint density at radius 3 is 2.89 bits per heavy atom. The topological polar surface area (TPSA) is 92.8 Å². The summed E-state index contributed by atoms with van der Waals surface area (Å²) in [5.74, 6) is 0.382. The highest BCUT2D eigenvalue weighted by molar-refractivity contribution is 7.14. The number of amides is 1. The molecule has 0 aliphatic rings. The van der Waals surface area contributed by atoms with Gasteiger partial charge in [-0.2, -0.15) is 5.10 Å². The standard InChI is InChI=1S/C19H15N5O2S/c1-26-17-7-3-2-6-13(17)14-9-15(24-23-14)18(25)22-19-21-16(11-27-19)12-5-4-8-20-10-12/h2-11H,1H3,(H,23,24)(H,21,22,25). The second-order valence-electron chi connectivity index (χ2n) is 5.60.